The van der Waals surface area contributed by atoms with Gasteiger partial charge >= 0.3 is 5.97 Å². The number of carbonyl (C=O) groups excluding carboxylic acids is 1. The number of rotatable bonds is 3. The van der Waals surface area contributed by atoms with Crippen LogP contribution in [0.3, 0.4) is 0 Å². The summed E-state index contributed by atoms with van der Waals surface area (Å²) >= 11 is 0. The molecule has 0 unspecified atom stereocenters. The molecule has 1 saturated carbocycles. The monoisotopic (exact) mass is 171 g/mol. The van der Waals surface area contributed by atoms with Crippen molar-refractivity contribution >= 4 is 11.9 Å². The first-order valence-electron chi connectivity index (χ1n) is 4.15. The van der Waals surface area contributed by atoms with Gasteiger partial charge in [0.25, 0.3) is 0 Å². The second-order valence-corrected chi connectivity index (χ2v) is 3.10. The van der Waals surface area contributed by atoms with Crippen molar-refractivity contribution in [2.45, 2.75) is 19.8 Å². The summed E-state index contributed by atoms with van der Waals surface area (Å²) in [6.07, 6.45) is 1.00. The van der Waals surface area contributed by atoms with Gasteiger partial charge in [-0.05, 0) is 19.8 Å². The molecule has 1 aliphatic rings. The van der Waals surface area contributed by atoms with Crippen LogP contribution in [-0.2, 0) is 9.59 Å². The first-order valence-corrected chi connectivity index (χ1v) is 4.15. The molecule has 0 aliphatic heterocycles. The van der Waals surface area contributed by atoms with Crippen LogP contribution in [0.15, 0.2) is 0 Å². The maximum Gasteiger partial charge on any atom is 0.306 e. The van der Waals surface area contributed by atoms with E-state index in [2.05, 4.69) is 5.32 Å². The summed E-state index contributed by atoms with van der Waals surface area (Å²) in [4.78, 5) is 21.5. The minimum Gasteiger partial charge on any atom is -0.481 e. The van der Waals surface area contributed by atoms with Crippen molar-refractivity contribution in [2.75, 3.05) is 6.54 Å². The zero-order chi connectivity index (χ0) is 9.14. The normalized spacial score (nSPS) is 27.4. The van der Waals surface area contributed by atoms with E-state index in [0.29, 0.717) is 19.4 Å². The van der Waals surface area contributed by atoms with Crippen molar-refractivity contribution in [3.63, 3.8) is 0 Å². The standard InChI is InChI=1S/C8H13NO3/c1-2-9-7(10)5-3-6(4-5)8(11)12/h5-6H,2-4H2,1H3,(H,9,10)(H,11,12). The number of aliphatic carboxylic acids is 1. The number of carboxylic acids is 1. The smallest absolute Gasteiger partial charge is 0.306 e. The van der Waals surface area contributed by atoms with Crippen molar-refractivity contribution in [2.24, 2.45) is 11.8 Å². The molecule has 12 heavy (non-hydrogen) atoms. The fraction of sp³-hybridized carbons (Fsp3) is 0.750. The van der Waals surface area contributed by atoms with E-state index < -0.39 is 5.97 Å². The van der Waals surface area contributed by atoms with Gasteiger partial charge in [0.05, 0.1) is 5.92 Å². The zero-order valence-electron chi connectivity index (χ0n) is 7.04. The molecular formula is C8H13NO3. The Hall–Kier alpha value is -1.06. The molecule has 0 atom stereocenters. The predicted molar refractivity (Wildman–Crippen MR) is 42.5 cm³/mol. The molecule has 0 aromatic heterocycles. The maximum atomic E-state index is 11.1. The topological polar surface area (TPSA) is 66.4 Å². The summed E-state index contributed by atoms with van der Waals surface area (Å²) in [5.74, 6) is -1.14. The van der Waals surface area contributed by atoms with E-state index in [9.17, 15) is 9.59 Å². The molecule has 68 valence electrons. The van der Waals surface area contributed by atoms with Crippen LogP contribution in [-0.4, -0.2) is 23.5 Å². The second-order valence-electron chi connectivity index (χ2n) is 3.10. The van der Waals surface area contributed by atoms with Crippen LogP contribution in [0.25, 0.3) is 0 Å². The minimum absolute atomic E-state index is 0.00463. The zero-order valence-corrected chi connectivity index (χ0v) is 7.04. The third kappa shape index (κ3) is 1.75. The molecule has 0 radical (unpaired) electrons. The number of carbonyl (C=O) groups is 2. The van der Waals surface area contributed by atoms with Crippen LogP contribution >= 0.6 is 0 Å². The molecule has 0 aromatic rings. The van der Waals surface area contributed by atoms with Crippen molar-refractivity contribution in [1.82, 2.24) is 5.32 Å². The molecule has 4 nitrogen and oxygen atoms in total. The molecule has 4 heteroatoms. The Morgan fingerprint density at radius 2 is 2.00 bits per heavy atom. The highest BCUT2D eigenvalue weighted by molar-refractivity contribution is 5.82. The highest BCUT2D eigenvalue weighted by Gasteiger charge is 2.38. The summed E-state index contributed by atoms with van der Waals surface area (Å²) in [6.45, 7) is 2.47. The van der Waals surface area contributed by atoms with Crippen molar-refractivity contribution in [3.05, 3.63) is 0 Å². The Labute approximate surface area is 71.0 Å². The summed E-state index contributed by atoms with van der Waals surface area (Å²) < 4.78 is 0. The molecular weight excluding hydrogens is 158 g/mol. The van der Waals surface area contributed by atoms with E-state index in [4.69, 9.17) is 5.11 Å². The lowest BCUT2D eigenvalue weighted by molar-refractivity contribution is -0.148. The fourth-order valence-electron chi connectivity index (χ4n) is 1.35. The quantitative estimate of drug-likeness (QED) is 0.639. The van der Waals surface area contributed by atoms with Gasteiger partial charge in [0, 0.05) is 12.5 Å². The van der Waals surface area contributed by atoms with Crippen LogP contribution in [0.5, 0.6) is 0 Å². The summed E-state index contributed by atoms with van der Waals surface area (Å²) in [5, 5.41) is 11.2. The summed E-state index contributed by atoms with van der Waals surface area (Å²) in [6, 6.07) is 0. The third-order valence-electron chi connectivity index (χ3n) is 2.21. The second kappa shape index (κ2) is 3.56. The van der Waals surface area contributed by atoms with Crippen molar-refractivity contribution in [3.8, 4) is 0 Å². The number of nitrogens with one attached hydrogen (secondary N) is 1. The van der Waals surface area contributed by atoms with E-state index in [-0.39, 0.29) is 17.7 Å². The summed E-state index contributed by atoms with van der Waals surface area (Å²) in [7, 11) is 0. The lowest BCUT2D eigenvalue weighted by atomic mass is 9.74. The van der Waals surface area contributed by atoms with Gasteiger partial charge in [-0.3, -0.25) is 9.59 Å². The van der Waals surface area contributed by atoms with Crippen molar-refractivity contribution < 1.29 is 14.7 Å². The largest absolute Gasteiger partial charge is 0.481 e. The number of carboxylic acid groups (broad SMARTS) is 1. The molecule has 0 spiro atoms. The maximum absolute atomic E-state index is 11.1. The Morgan fingerprint density at radius 1 is 1.42 bits per heavy atom. The SMILES string of the molecule is CCNC(=O)C1CC(C(=O)O)C1. The lowest BCUT2D eigenvalue weighted by Gasteiger charge is -2.30. The molecule has 0 aromatic carbocycles. The van der Waals surface area contributed by atoms with Crippen LogP contribution in [0.4, 0.5) is 0 Å². The minimum atomic E-state index is -0.782. The molecule has 1 fully saturated rings. The van der Waals surface area contributed by atoms with Gasteiger partial charge in [-0.1, -0.05) is 0 Å². The van der Waals surface area contributed by atoms with E-state index in [0.717, 1.165) is 0 Å². The average Bonchev–Trinajstić information content (AvgIpc) is 1.82. The predicted octanol–water partition coefficient (Wildman–Crippen LogP) is 0.233. The Balaban J connectivity index is 2.25. The van der Waals surface area contributed by atoms with Gasteiger partial charge in [0.1, 0.15) is 0 Å². The van der Waals surface area contributed by atoms with Crippen molar-refractivity contribution in [1.29, 1.82) is 0 Å². The molecule has 0 heterocycles. The number of amides is 1. The molecule has 0 bridgehead atoms. The van der Waals surface area contributed by atoms with Crippen LogP contribution < -0.4 is 5.32 Å². The average molecular weight is 171 g/mol. The highest BCUT2D eigenvalue weighted by Crippen LogP contribution is 2.33. The lowest BCUT2D eigenvalue weighted by Crippen LogP contribution is -2.41. The molecule has 0 saturated heterocycles. The number of hydrogen-bond acceptors (Lipinski definition) is 2. The van der Waals surface area contributed by atoms with E-state index in [1.807, 2.05) is 6.92 Å². The Bertz CT molecular complexity index is 196. The Kier molecular flexibility index (Phi) is 2.68. The highest BCUT2D eigenvalue weighted by atomic mass is 16.4. The van der Waals surface area contributed by atoms with Gasteiger partial charge in [0.15, 0.2) is 0 Å². The van der Waals surface area contributed by atoms with Gasteiger partial charge in [-0.2, -0.15) is 0 Å². The summed E-state index contributed by atoms with van der Waals surface area (Å²) in [5.41, 5.74) is 0. The van der Waals surface area contributed by atoms with E-state index >= 15 is 0 Å². The van der Waals surface area contributed by atoms with Gasteiger partial charge < -0.3 is 10.4 Å². The van der Waals surface area contributed by atoms with Crippen LogP contribution in [0, 0.1) is 11.8 Å². The van der Waals surface area contributed by atoms with Crippen LogP contribution in [0.1, 0.15) is 19.8 Å². The molecule has 1 amide bonds. The molecule has 1 aliphatic carbocycles. The molecule has 1 rings (SSSR count). The Morgan fingerprint density at radius 3 is 2.42 bits per heavy atom. The van der Waals surface area contributed by atoms with E-state index in [1.54, 1.807) is 0 Å². The first-order chi connectivity index (χ1) is 5.65. The van der Waals surface area contributed by atoms with Crippen LogP contribution in [0.2, 0.25) is 0 Å². The number of hydrogen-bond donors (Lipinski definition) is 2. The molecule has 2 N–H and O–H groups in total. The third-order valence-corrected chi connectivity index (χ3v) is 2.21. The van der Waals surface area contributed by atoms with E-state index in [1.165, 1.54) is 0 Å². The fourth-order valence-corrected chi connectivity index (χ4v) is 1.35. The van der Waals surface area contributed by atoms with Gasteiger partial charge in [-0.25, -0.2) is 0 Å². The van der Waals surface area contributed by atoms with Gasteiger partial charge in [0.2, 0.25) is 5.91 Å². The first kappa shape index (κ1) is 9.03. The van der Waals surface area contributed by atoms with Gasteiger partial charge in [-0.15, -0.1) is 0 Å².